The number of nitrogens with zero attached hydrogens (tertiary/aromatic N) is 1. The Morgan fingerprint density at radius 3 is 2.11 bits per heavy atom. The van der Waals surface area contributed by atoms with E-state index in [-0.39, 0.29) is 27.9 Å². The van der Waals surface area contributed by atoms with Crippen LogP contribution >= 0.6 is 0 Å². The van der Waals surface area contributed by atoms with E-state index >= 15 is 0 Å². The largest absolute Gasteiger partial charge is 0.414 e. The van der Waals surface area contributed by atoms with Crippen LogP contribution in [0.3, 0.4) is 0 Å². The number of aromatic amines is 1. The van der Waals surface area contributed by atoms with E-state index in [1.165, 1.54) is 10.8 Å². The van der Waals surface area contributed by atoms with Gasteiger partial charge in [-0.3, -0.25) is 14.3 Å². The highest BCUT2D eigenvalue weighted by molar-refractivity contribution is 7.90. The molecule has 1 saturated heterocycles. The van der Waals surface area contributed by atoms with Crippen LogP contribution in [0.2, 0.25) is 36.3 Å². The average Bonchev–Trinajstić information content (AvgIpc) is 3.14. The molecule has 0 aromatic carbocycles. The number of rotatable bonds is 6. The van der Waals surface area contributed by atoms with Gasteiger partial charge in [-0.15, -0.1) is 0 Å². The summed E-state index contributed by atoms with van der Waals surface area (Å²) in [4.78, 5) is 27.4. The first kappa shape index (κ1) is 31.0. The van der Waals surface area contributed by atoms with Crippen LogP contribution in [0, 0.1) is 6.92 Å². The molecule has 4 atom stereocenters. The molecule has 1 aromatic rings. The topological polar surface area (TPSA) is 152 Å². The smallest absolute Gasteiger partial charge is 0.330 e. The van der Waals surface area contributed by atoms with Gasteiger partial charge in [0, 0.05) is 11.8 Å². The van der Waals surface area contributed by atoms with Crippen molar-refractivity contribution in [1.82, 2.24) is 9.55 Å². The van der Waals surface area contributed by atoms with E-state index in [4.69, 9.17) is 23.5 Å². The highest BCUT2D eigenvalue weighted by atomic mass is 32.2. The molecule has 3 rings (SSSR count). The van der Waals surface area contributed by atoms with Gasteiger partial charge >= 0.3 is 5.69 Å². The number of hydrogen-bond donors (Lipinski definition) is 2. The SMILES string of the molecule is Cc1cn([C@H]2OC(CO[Si](C)(C)C(C)(C)C)C3(OS(=O)(=O)C=C3N)[C@@H]2O[Si](C)(C)C(C)(C)C)c(=O)[nH]c1=O. The lowest BCUT2D eigenvalue weighted by Crippen LogP contribution is -2.59. The molecular formula is C24H43N3O8SSi2. The van der Waals surface area contributed by atoms with Crippen LogP contribution in [0.1, 0.15) is 53.3 Å². The summed E-state index contributed by atoms with van der Waals surface area (Å²) in [6.45, 7) is 22.0. The lowest BCUT2D eigenvalue weighted by Gasteiger charge is -2.43. The van der Waals surface area contributed by atoms with Crippen molar-refractivity contribution in [2.75, 3.05) is 6.61 Å². The predicted molar refractivity (Wildman–Crippen MR) is 150 cm³/mol. The van der Waals surface area contributed by atoms with Crippen molar-refractivity contribution in [3.05, 3.63) is 43.7 Å². The van der Waals surface area contributed by atoms with Gasteiger partial charge in [-0.25, -0.2) is 8.98 Å². The van der Waals surface area contributed by atoms with Crippen molar-refractivity contribution in [2.45, 2.75) is 109 Å². The standard InChI is InChI=1S/C24H43N3O8SSi2/c1-15-12-27(21(29)26-19(15)28)20-18(34-38(10,11)23(5,6)7)24(16(25)14-36(30,31)35-24)17(33-20)13-32-37(8,9)22(2,3)4/h12,14,17-18,20H,13,25H2,1-11H3,(H,26,28,29)/t17?,18-,20+,24?/m1/s1. The molecule has 14 heteroatoms. The molecule has 11 nitrogen and oxygen atoms in total. The Labute approximate surface area is 227 Å². The maximum absolute atomic E-state index is 13.0. The molecule has 2 aliphatic heterocycles. The van der Waals surface area contributed by atoms with E-state index < -0.39 is 62.0 Å². The van der Waals surface area contributed by atoms with Crippen molar-refractivity contribution in [2.24, 2.45) is 5.73 Å². The number of nitrogens with one attached hydrogen (secondary N) is 1. The maximum atomic E-state index is 13.0. The zero-order valence-electron chi connectivity index (χ0n) is 24.3. The minimum atomic E-state index is -4.18. The normalized spacial score (nSPS) is 28.2. The van der Waals surface area contributed by atoms with E-state index in [1.54, 1.807) is 6.92 Å². The first-order valence-electron chi connectivity index (χ1n) is 12.7. The predicted octanol–water partition coefficient (Wildman–Crippen LogP) is 3.05. The molecule has 0 bridgehead atoms. The molecule has 1 fully saturated rings. The number of H-pyrrole nitrogens is 1. The van der Waals surface area contributed by atoms with Crippen LogP contribution < -0.4 is 17.0 Å². The zero-order chi connectivity index (χ0) is 29.3. The Morgan fingerprint density at radius 2 is 1.63 bits per heavy atom. The summed E-state index contributed by atoms with van der Waals surface area (Å²) in [6, 6.07) is 0. The molecule has 3 heterocycles. The summed E-state index contributed by atoms with van der Waals surface area (Å²) in [5.41, 5.74) is 3.61. The highest BCUT2D eigenvalue weighted by Crippen LogP contribution is 2.52. The van der Waals surface area contributed by atoms with Gasteiger partial charge in [-0.05, 0) is 43.2 Å². The molecule has 2 aliphatic rings. The van der Waals surface area contributed by atoms with E-state index in [1.807, 2.05) is 33.9 Å². The molecule has 0 amide bonds. The Kier molecular flexibility index (Phi) is 7.76. The molecule has 216 valence electrons. The second-order valence-corrected chi connectivity index (χ2v) is 24.3. The third-order valence-corrected chi connectivity index (χ3v) is 18.5. The number of aryl methyl sites for hydroxylation is 1. The van der Waals surface area contributed by atoms with Crippen molar-refractivity contribution in [1.29, 1.82) is 0 Å². The van der Waals surface area contributed by atoms with Gasteiger partial charge in [0.15, 0.2) is 28.5 Å². The quantitative estimate of drug-likeness (QED) is 0.377. The van der Waals surface area contributed by atoms with Crippen LogP contribution in [-0.4, -0.2) is 59.0 Å². The van der Waals surface area contributed by atoms with Gasteiger partial charge in [0.1, 0.15) is 12.2 Å². The molecule has 1 aromatic heterocycles. The first-order valence-corrected chi connectivity index (χ1v) is 20.0. The summed E-state index contributed by atoms with van der Waals surface area (Å²) >= 11 is 0. The third kappa shape index (κ3) is 5.40. The molecule has 38 heavy (non-hydrogen) atoms. The van der Waals surface area contributed by atoms with Crippen molar-refractivity contribution < 1.29 is 26.2 Å². The number of nitrogens with two attached hydrogens (primary N) is 1. The van der Waals surface area contributed by atoms with E-state index in [9.17, 15) is 18.0 Å². The van der Waals surface area contributed by atoms with Crippen LogP contribution in [0.25, 0.3) is 0 Å². The van der Waals surface area contributed by atoms with Gasteiger partial charge < -0.3 is 19.3 Å². The van der Waals surface area contributed by atoms with E-state index in [2.05, 4.69) is 38.8 Å². The molecule has 2 unspecified atom stereocenters. The summed E-state index contributed by atoms with van der Waals surface area (Å²) < 4.78 is 52.2. The monoisotopic (exact) mass is 589 g/mol. The van der Waals surface area contributed by atoms with E-state index in [0.29, 0.717) is 0 Å². The Bertz CT molecular complexity index is 1340. The van der Waals surface area contributed by atoms with Crippen molar-refractivity contribution >= 4 is 26.8 Å². The van der Waals surface area contributed by atoms with Gasteiger partial charge in [-0.1, -0.05) is 41.5 Å². The van der Waals surface area contributed by atoms with Crippen LogP contribution in [0.15, 0.2) is 26.9 Å². The summed E-state index contributed by atoms with van der Waals surface area (Å²) in [7, 11) is -9.13. The summed E-state index contributed by atoms with van der Waals surface area (Å²) in [5, 5.41) is 0.462. The van der Waals surface area contributed by atoms with Gasteiger partial charge in [0.25, 0.3) is 15.7 Å². The first-order chi connectivity index (χ1) is 17.0. The third-order valence-electron chi connectivity index (χ3n) is 8.49. The van der Waals surface area contributed by atoms with E-state index in [0.717, 1.165) is 5.41 Å². The summed E-state index contributed by atoms with van der Waals surface area (Å²) in [6.07, 6.45) is -1.93. The molecule has 0 saturated carbocycles. The fraction of sp³-hybridized carbons (Fsp3) is 0.750. The molecule has 0 radical (unpaired) electrons. The number of aromatic nitrogens is 2. The fourth-order valence-electron chi connectivity index (χ4n) is 3.99. The molecule has 0 aliphatic carbocycles. The second-order valence-electron chi connectivity index (χ2n) is 13.3. The Hall–Kier alpha value is -1.56. The van der Waals surface area contributed by atoms with Crippen LogP contribution in [0.5, 0.6) is 0 Å². The number of hydrogen-bond acceptors (Lipinski definition) is 9. The van der Waals surface area contributed by atoms with Crippen molar-refractivity contribution in [3.8, 4) is 0 Å². The van der Waals surface area contributed by atoms with Crippen LogP contribution in [0.4, 0.5) is 0 Å². The average molecular weight is 590 g/mol. The van der Waals surface area contributed by atoms with Gasteiger partial charge in [0.2, 0.25) is 0 Å². The molecule has 3 N–H and O–H groups in total. The molecule has 1 spiro atoms. The fourth-order valence-corrected chi connectivity index (χ4v) is 7.50. The Balaban J connectivity index is 2.24. The second kappa shape index (κ2) is 9.52. The number of ether oxygens (including phenoxy) is 1. The highest BCUT2D eigenvalue weighted by Gasteiger charge is 2.67. The van der Waals surface area contributed by atoms with Gasteiger partial charge in [-0.2, -0.15) is 8.42 Å². The lowest BCUT2D eigenvalue weighted by atomic mass is 9.89. The van der Waals surface area contributed by atoms with Crippen molar-refractivity contribution in [3.63, 3.8) is 0 Å². The Morgan fingerprint density at radius 1 is 1.08 bits per heavy atom. The minimum absolute atomic E-state index is 0.0362. The minimum Gasteiger partial charge on any atom is -0.414 e. The zero-order valence-corrected chi connectivity index (χ0v) is 27.1. The maximum Gasteiger partial charge on any atom is 0.330 e. The molecular weight excluding hydrogens is 547 g/mol. The summed E-state index contributed by atoms with van der Waals surface area (Å²) in [5.74, 6) is 0. The lowest BCUT2D eigenvalue weighted by molar-refractivity contribution is -0.0563. The van der Waals surface area contributed by atoms with Crippen LogP contribution in [-0.2, 0) is 27.9 Å². The van der Waals surface area contributed by atoms with Gasteiger partial charge in [0.05, 0.1) is 17.7 Å².